The van der Waals surface area contributed by atoms with E-state index in [4.69, 9.17) is 9.72 Å². The molecule has 6 nitrogen and oxygen atoms in total. The molecule has 0 aliphatic heterocycles. The molecule has 1 fully saturated rings. The van der Waals surface area contributed by atoms with Crippen molar-refractivity contribution in [2.75, 3.05) is 13.7 Å². The summed E-state index contributed by atoms with van der Waals surface area (Å²) in [5, 5.41) is 15.6. The molecule has 1 aromatic carbocycles. The zero-order valence-electron chi connectivity index (χ0n) is 20.6. The summed E-state index contributed by atoms with van der Waals surface area (Å²) < 4.78 is 5.81. The number of hydrogen-bond donors (Lipinski definition) is 1. The lowest BCUT2D eigenvalue weighted by Crippen LogP contribution is -2.32. The lowest BCUT2D eigenvalue weighted by Gasteiger charge is -2.34. The molecule has 0 amide bonds. The minimum Gasteiger partial charge on any atom is -0.384 e. The first kappa shape index (κ1) is 23.2. The Kier molecular flexibility index (Phi) is 7.05. The third-order valence-electron chi connectivity index (χ3n) is 8.00. The van der Waals surface area contributed by atoms with Crippen molar-refractivity contribution in [3.05, 3.63) is 47.3 Å². The molecule has 34 heavy (non-hydrogen) atoms. The van der Waals surface area contributed by atoms with Gasteiger partial charge in [-0.1, -0.05) is 75.8 Å². The third kappa shape index (κ3) is 4.40. The maximum absolute atomic E-state index is 5.81. The summed E-state index contributed by atoms with van der Waals surface area (Å²) in [6, 6.07) is 10.8. The molecule has 1 saturated carbocycles. The van der Waals surface area contributed by atoms with Gasteiger partial charge < -0.3 is 4.74 Å². The van der Waals surface area contributed by atoms with E-state index in [-0.39, 0.29) is 6.84 Å². The summed E-state index contributed by atoms with van der Waals surface area (Å²) in [6.07, 6.45) is 13.2. The van der Waals surface area contributed by atoms with Gasteiger partial charge in [0.25, 0.3) is 0 Å². The molecule has 1 atom stereocenters. The van der Waals surface area contributed by atoms with Crippen molar-refractivity contribution in [3.63, 3.8) is 0 Å². The minimum atomic E-state index is -0.0960. The maximum atomic E-state index is 5.81. The van der Waals surface area contributed by atoms with E-state index in [0.717, 1.165) is 36.9 Å². The van der Waals surface area contributed by atoms with Gasteiger partial charge in [0.15, 0.2) is 0 Å². The maximum Gasteiger partial charge on any atom is 0.207 e. The second-order valence-corrected chi connectivity index (χ2v) is 10.3. The van der Waals surface area contributed by atoms with Crippen molar-refractivity contribution in [1.29, 1.82) is 0 Å². The van der Waals surface area contributed by atoms with E-state index < -0.39 is 0 Å². The fraction of sp³-hybridized carbons (Fsp3) is 0.571. The van der Waals surface area contributed by atoms with E-state index >= 15 is 0 Å². The molecular weight excluding hydrogens is 422 g/mol. The Bertz CT molecular complexity index is 1080. The van der Waals surface area contributed by atoms with Crippen molar-refractivity contribution in [2.24, 2.45) is 5.92 Å². The van der Waals surface area contributed by atoms with Gasteiger partial charge in [0.2, 0.25) is 5.82 Å². The summed E-state index contributed by atoms with van der Waals surface area (Å²) >= 11 is 0. The van der Waals surface area contributed by atoms with Crippen LogP contribution in [-0.2, 0) is 23.0 Å². The predicted molar refractivity (Wildman–Crippen MR) is 137 cm³/mol. The number of unbranched alkanes of at least 4 members (excludes halogenated alkanes) is 2. The minimum absolute atomic E-state index is 0. The largest absolute Gasteiger partial charge is 0.384 e. The van der Waals surface area contributed by atoms with Crippen molar-refractivity contribution in [1.82, 2.24) is 25.6 Å². The zero-order chi connectivity index (χ0) is 23.4. The lowest BCUT2D eigenvalue weighted by molar-refractivity contribution is 0.129. The summed E-state index contributed by atoms with van der Waals surface area (Å²) in [7, 11) is 1.81. The first-order valence-electron chi connectivity index (χ1n) is 13.1. The topological polar surface area (TPSA) is 76.6 Å². The third-order valence-corrected chi connectivity index (χ3v) is 8.00. The molecule has 0 radical (unpaired) electrons. The number of pyridine rings is 1. The number of methoxy groups -OCH3 is 1. The number of aromatic nitrogens is 5. The van der Waals surface area contributed by atoms with Crippen LogP contribution in [0.4, 0.5) is 0 Å². The number of aryl methyl sites for hydroxylation is 1. The van der Waals surface area contributed by atoms with Crippen LogP contribution in [0.1, 0.15) is 83.1 Å². The van der Waals surface area contributed by atoms with Crippen LogP contribution in [0.2, 0.25) is 0 Å². The van der Waals surface area contributed by atoms with Gasteiger partial charge in [-0.3, -0.25) is 4.98 Å². The molecule has 2 heterocycles. The molecule has 182 valence electrons. The fourth-order valence-corrected chi connectivity index (χ4v) is 6.33. The summed E-state index contributed by atoms with van der Waals surface area (Å²) in [4.78, 5) is 5.46. The van der Waals surface area contributed by atoms with E-state index in [1.807, 2.05) is 7.11 Å². The highest BCUT2D eigenvalue weighted by Crippen LogP contribution is 2.49. The Morgan fingerprint density at radius 1 is 1.12 bits per heavy atom. The van der Waals surface area contributed by atoms with E-state index in [1.54, 1.807) is 0 Å². The smallest absolute Gasteiger partial charge is 0.207 e. The van der Waals surface area contributed by atoms with Gasteiger partial charge >= 0.3 is 0 Å². The molecule has 1 unspecified atom stereocenters. The van der Waals surface area contributed by atoms with E-state index in [0.29, 0.717) is 18.3 Å². The Balaban J connectivity index is 0.00000289. The van der Waals surface area contributed by atoms with Gasteiger partial charge in [0.05, 0.1) is 17.9 Å². The number of fused-ring (bicyclic) bond motifs is 1. The molecule has 6 heteroatoms. The van der Waals surface area contributed by atoms with Gasteiger partial charge in [0.1, 0.15) is 0 Å². The van der Waals surface area contributed by atoms with Gasteiger partial charge in [0, 0.05) is 19.6 Å². The molecule has 1 N–H and O–H groups in total. The molecule has 3 aromatic rings. The molecule has 0 spiro atoms. The summed E-state index contributed by atoms with van der Waals surface area (Å²) in [5.74, 6) is 1.37. The van der Waals surface area contributed by atoms with Crippen LogP contribution < -0.4 is 0 Å². The molecule has 0 saturated heterocycles. The number of nitrogens with one attached hydrogen (secondary N) is 1. The first-order valence-corrected chi connectivity index (χ1v) is 13.1. The van der Waals surface area contributed by atoms with E-state index in [1.165, 1.54) is 67.3 Å². The number of benzene rings is 1. The number of nitrogens with zero attached hydrogens (tertiary/aromatic N) is 4. The van der Waals surface area contributed by atoms with Crippen molar-refractivity contribution < 1.29 is 6.16 Å². The molecule has 2 aromatic heterocycles. The van der Waals surface area contributed by atoms with Gasteiger partial charge in [-0.15, -0.1) is 10.2 Å². The van der Waals surface area contributed by atoms with E-state index in [9.17, 15) is 0 Å². The van der Waals surface area contributed by atoms with Crippen LogP contribution in [0.3, 0.4) is 0 Å². The zero-order valence-corrected chi connectivity index (χ0v) is 20.6. The number of rotatable bonds is 9. The normalized spacial score (nSPS) is 19.3. The van der Waals surface area contributed by atoms with Crippen molar-refractivity contribution >= 4 is 0 Å². The first-order chi connectivity index (χ1) is 16.8. The Morgan fingerprint density at radius 3 is 2.65 bits per heavy atom. The number of tetrazole rings is 1. The number of H-pyrrole nitrogens is 1. The fourth-order valence-electron chi connectivity index (χ4n) is 6.33. The van der Waals surface area contributed by atoms with Crippen molar-refractivity contribution in [2.45, 2.75) is 83.0 Å². The van der Waals surface area contributed by atoms with Crippen LogP contribution in [0, 0.1) is 5.92 Å². The Morgan fingerprint density at radius 2 is 1.94 bits per heavy atom. The van der Waals surface area contributed by atoms with E-state index in [2.05, 4.69) is 57.9 Å². The van der Waals surface area contributed by atoms with Crippen LogP contribution >= 0.6 is 0 Å². The average Bonchev–Trinajstić information content (AvgIpc) is 3.57. The standard InChI is InChI=1S/C28H37N5O.H2/c1-3-4-6-11-20-14-15-23-22(18-20)24(21-12-7-5-8-13-21)25(27-30-32-33-31-27)26(29-23)28(19-34-2)16-9-10-17-28;/h5,7-8,12-13,20H,3-4,6,9-11,14-19H2,1-2H3,(H,30,31,32,33);1H. The second-order valence-electron chi connectivity index (χ2n) is 10.3. The quantitative estimate of drug-likeness (QED) is 0.377. The second kappa shape index (κ2) is 10.3. The van der Waals surface area contributed by atoms with Crippen LogP contribution in [0.25, 0.3) is 22.5 Å². The number of aromatic amines is 1. The van der Waals surface area contributed by atoms with Crippen LogP contribution in [-0.4, -0.2) is 39.3 Å². The molecule has 2 aliphatic carbocycles. The highest BCUT2D eigenvalue weighted by molar-refractivity contribution is 5.86. The molecular formula is C28H39N5O. The molecule has 2 aliphatic rings. The lowest BCUT2D eigenvalue weighted by atomic mass is 9.74. The predicted octanol–water partition coefficient (Wildman–Crippen LogP) is 6.32. The monoisotopic (exact) mass is 461 g/mol. The Labute approximate surface area is 204 Å². The van der Waals surface area contributed by atoms with Crippen molar-refractivity contribution in [3.8, 4) is 22.5 Å². The summed E-state index contributed by atoms with van der Waals surface area (Å²) in [5.41, 5.74) is 7.25. The SMILES string of the molecule is CCCCCC1CCc2nc(C3(COC)CCCC3)c(-c3nn[nH]n3)c(-c3ccccc3)c2C1.[HH]. The average molecular weight is 462 g/mol. The van der Waals surface area contributed by atoms with Gasteiger partial charge in [-0.05, 0) is 59.9 Å². The van der Waals surface area contributed by atoms with Crippen LogP contribution in [0.5, 0.6) is 0 Å². The summed E-state index contributed by atoms with van der Waals surface area (Å²) in [6.45, 7) is 2.96. The van der Waals surface area contributed by atoms with Gasteiger partial charge in [-0.25, -0.2) is 0 Å². The number of hydrogen-bond acceptors (Lipinski definition) is 5. The highest BCUT2D eigenvalue weighted by atomic mass is 16.5. The molecule has 0 bridgehead atoms. The van der Waals surface area contributed by atoms with Gasteiger partial charge in [-0.2, -0.15) is 5.21 Å². The Hall–Kier alpha value is -2.60. The van der Waals surface area contributed by atoms with Crippen LogP contribution in [0.15, 0.2) is 30.3 Å². The highest BCUT2D eigenvalue weighted by Gasteiger charge is 2.42. The molecule has 5 rings (SSSR count). The number of ether oxygens (including phenoxy) is 1.